The molecule has 2 heterocycles. The van der Waals surface area contributed by atoms with Gasteiger partial charge in [0.15, 0.2) is 21.3 Å². The largest absolute Gasteiger partial charge is 0.327 e. The number of carbonyl (C=O) groups is 1. The van der Waals surface area contributed by atoms with Crippen LogP contribution in [-0.4, -0.2) is 48.9 Å². The van der Waals surface area contributed by atoms with E-state index >= 15 is 0 Å². The van der Waals surface area contributed by atoms with Crippen molar-refractivity contribution >= 4 is 49.5 Å². The van der Waals surface area contributed by atoms with Crippen molar-refractivity contribution in [1.29, 1.82) is 0 Å². The van der Waals surface area contributed by atoms with E-state index in [1.54, 1.807) is 30.3 Å². The Bertz CT molecular complexity index is 1310. The summed E-state index contributed by atoms with van der Waals surface area (Å²) in [5, 5.41) is 4.26. The molecule has 170 valence electrons. The summed E-state index contributed by atoms with van der Waals surface area (Å²) in [6.45, 7) is 1.80. The smallest absolute Gasteiger partial charge is 0.316 e. The number of benzene rings is 2. The van der Waals surface area contributed by atoms with E-state index in [0.717, 1.165) is 34.8 Å². The topological polar surface area (TPSA) is 68.5 Å². The Labute approximate surface area is 197 Å². The lowest BCUT2D eigenvalue weighted by molar-refractivity contribution is -0.859. The molecule has 0 N–H and O–H groups in total. The second kappa shape index (κ2) is 9.47. The van der Waals surface area contributed by atoms with Gasteiger partial charge in [-0.1, -0.05) is 23.7 Å². The van der Waals surface area contributed by atoms with E-state index in [2.05, 4.69) is 0 Å². The fourth-order valence-corrected chi connectivity index (χ4v) is 6.39. The number of aromatic nitrogens is 1. The van der Waals surface area contributed by atoms with Crippen molar-refractivity contribution < 1.29 is 17.7 Å². The molecule has 9 heteroatoms. The van der Waals surface area contributed by atoms with Gasteiger partial charge in [0.25, 0.3) is 0 Å². The minimum Gasteiger partial charge on any atom is -0.327 e. The first-order chi connectivity index (χ1) is 15.3. The summed E-state index contributed by atoms with van der Waals surface area (Å²) >= 11 is 7.56. The number of quaternary nitrogens is 1. The van der Waals surface area contributed by atoms with Gasteiger partial charge in [-0.05, 0) is 54.3 Å². The lowest BCUT2D eigenvalue weighted by atomic mass is 10.1. The second-order valence-electron chi connectivity index (χ2n) is 8.36. The standard InChI is InChI=1S/C23H27ClN3O3S2/c1-26-10-13-31-23(26)25-17-27(11-3-2-4-12-27)22(28)9-14-32(29,30)21-8-6-18-15-20(24)7-5-19(18)16-21/h5-8,10,13,15-16H,2-4,9,11-12,14,17H2,1H3/q+1/b25-23-. The first-order valence-electron chi connectivity index (χ1n) is 10.7. The molecule has 0 aliphatic carbocycles. The van der Waals surface area contributed by atoms with Gasteiger partial charge in [-0.2, -0.15) is 0 Å². The SMILES string of the molecule is Cn1ccs/c1=N\C[N+]1(C(=O)CCS(=O)(=O)c2ccc3cc(Cl)ccc3c2)CCCCC1. The van der Waals surface area contributed by atoms with Crippen LogP contribution >= 0.6 is 22.9 Å². The molecule has 0 bridgehead atoms. The quantitative estimate of drug-likeness (QED) is 0.485. The highest BCUT2D eigenvalue weighted by atomic mass is 35.5. The predicted octanol–water partition coefficient (Wildman–Crippen LogP) is 4.14. The summed E-state index contributed by atoms with van der Waals surface area (Å²) < 4.78 is 28.2. The van der Waals surface area contributed by atoms with E-state index < -0.39 is 9.84 Å². The molecule has 0 atom stereocenters. The predicted molar refractivity (Wildman–Crippen MR) is 128 cm³/mol. The van der Waals surface area contributed by atoms with Crippen LogP contribution in [0.25, 0.3) is 10.8 Å². The number of carbonyl (C=O) groups excluding carboxylic acids is 1. The minimum atomic E-state index is -3.58. The zero-order valence-corrected chi connectivity index (χ0v) is 20.4. The van der Waals surface area contributed by atoms with Gasteiger partial charge < -0.3 is 4.57 Å². The number of amides is 1. The van der Waals surface area contributed by atoms with Gasteiger partial charge >= 0.3 is 5.91 Å². The maximum atomic E-state index is 13.3. The summed E-state index contributed by atoms with van der Waals surface area (Å²) in [7, 11) is -1.65. The molecular weight excluding hydrogens is 466 g/mol. The number of thiazole rings is 1. The van der Waals surface area contributed by atoms with E-state index in [9.17, 15) is 13.2 Å². The molecule has 4 rings (SSSR count). The molecule has 0 unspecified atom stereocenters. The van der Waals surface area contributed by atoms with E-state index in [1.807, 2.05) is 29.3 Å². The van der Waals surface area contributed by atoms with E-state index in [4.69, 9.17) is 16.6 Å². The highest BCUT2D eigenvalue weighted by Crippen LogP contribution is 2.25. The van der Waals surface area contributed by atoms with Crippen LogP contribution < -0.4 is 4.80 Å². The number of hydrogen-bond acceptors (Lipinski definition) is 5. The maximum Gasteiger partial charge on any atom is 0.316 e. The first-order valence-corrected chi connectivity index (χ1v) is 13.6. The highest BCUT2D eigenvalue weighted by Gasteiger charge is 2.38. The first kappa shape index (κ1) is 23.2. The molecule has 1 saturated heterocycles. The number of piperidine rings is 1. The van der Waals surface area contributed by atoms with Crippen molar-refractivity contribution in [3.63, 3.8) is 0 Å². The number of sulfone groups is 1. The van der Waals surface area contributed by atoms with Crippen molar-refractivity contribution in [3.8, 4) is 0 Å². The molecule has 1 aromatic heterocycles. The van der Waals surface area contributed by atoms with Crippen LogP contribution in [0.1, 0.15) is 25.7 Å². The third-order valence-electron chi connectivity index (χ3n) is 6.16. The number of fused-ring (bicyclic) bond motifs is 1. The molecule has 6 nitrogen and oxygen atoms in total. The Morgan fingerprint density at radius 2 is 1.84 bits per heavy atom. The average molecular weight is 493 g/mol. The van der Waals surface area contributed by atoms with Gasteiger partial charge in [0.05, 0.1) is 30.2 Å². The number of halogens is 1. The Morgan fingerprint density at radius 3 is 2.56 bits per heavy atom. The van der Waals surface area contributed by atoms with Crippen LogP contribution in [0.5, 0.6) is 0 Å². The number of rotatable bonds is 6. The van der Waals surface area contributed by atoms with Crippen molar-refractivity contribution in [3.05, 3.63) is 57.8 Å². The molecule has 0 saturated carbocycles. The van der Waals surface area contributed by atoms with Crippen LogP contribution in [0, 0.1) is 0 Å². The van der Waals surface area contributed by atoms with Crippen LogP contribution in [0.15, 0.2) is 57.9 Å². The molecule has 1 amide bonds. The highest BCUT2D eigenvalue weighted by molar-refractivity contribution is 7.91. The molecule has 1 aliphatic heterocycles. The van der Waals surface area contributed by atoms with Crippen molar-refractivity contribution in [1.82, 2.24) is 4.57 Å². The Kier molecular flexibility index (Phi) is 6.86. The zero-order valence-electron chi connectivity index (χ0n) is 18.0. The van der Waals surface area contributed by atoms with Crippen molar-refractivity contribution in [2.75, 3.05) is 25.5 Å². The fraction of sp³-hybridized carbons (Fsp3) is 0.391. The number of nitrogens with zero attached hydrogens (tertiary/aromatic N) is 3. The van der Waals surface area contributed by atoms with Crippen LogP contribution in [0.3, 0.4) is 0 Å². The normalized spacial score (nSPS) is 17.0. The molecule has 1 aliphatic rings. The third-order valence-corrected chi connectivity index (χ3v) is 8.99. The van der Waals surface area contributed by atoms with Gasteiger partial charge in [-0.15, -0.1) is 11.3 Å². The van der Waals surface area contributed by atoms with Gasteiger partial charge in [-0.3, -0.25) is 0 Å². The van der Waals surface area contributed by atoms with E-state index in [-0.39, 0.29) is 27.5 Å². The molecule has 3 aromatic rings. The summed E-state index contributed by atoms with van der Waals surface area (Å²) in [5.41, 5.74) is 0. The zero-order chi connectivity index (χ0) is 22.8. The minimum absolute atomic E-state index is 0.00687. The van der Waals surface area contributed by atoms with E-state index in [0.29, 0.717) is 24.8 Å². The molecule has 32 heavy (non-hydrogen) atoms. The molecule has 0 spiro atoms. The van der Waals surface area contributed by atoms with Crippen LogP contribution in [0.2, 0.25) is 5.02 Å². The summed E-state index contributed by atoms with van der Waals surface area (Å²) in [5.74, 6) is -0.235. The lowest BCUT2D eigenvalue weighted by Gasteiger charge is -2.37. The summed E-state index contributed by atoms with van der Waals surface area (Å²) in [6.07, 6.45) is 4.94. The van der Waals surface area contributed by atoms with Gasteiger partial charge in [0, 0.05) is 23.6 Å². The van der Waals surface area contributed by atoms with E-state index in [1.165, 1.54) is 11.3 Å². The second-order valence-corrected chi connectivity index (χ2v) is 11.8. The lowest BCUT2D eigenvalue weighted by Crippen LogP contribution is -2.56. The van der Waals surface area contributed by atoms with Crippen molar-refractivity contribution in [2.24, 2.45) is 12.0 Å². The Balaban J connectivity index is 1.52. The van der Waals surface area contributed by atoms with Gasteiger partial charge in [-0.25, -0.2) is 22.7 Å². The average Bonchev–Trinajstić information content (AvgIpc) is 3.21. The van der Waals surface area contributed by atoms with Gasteiger partial charge in [0.1, 0.15) is 0 Å². The number of aryl methyl sites for hydroxylation is 1. The fourth-order valence-electron chi connectivity index (χ4n) is 4.23. The third kappa shape index (κ3) is 4.98. The Hall–Kier alpha value is -2.00. The number of hydrogen-bond donors (Lipinski definition) is 0. The molecular formula is C23H27ClN3O3S2+. The van der Waals surface area contributed by atoms with Gasteiger partial charge in [0.2, 0.25) is 0 Å². The molecule has 0 radical (unpaired) electrons. The Morgan fingerprint density at radius 1 is 1.12 bits per heavy atom. The molecule has 2 aromatic carbocycles. The van der Waals surface area contributed by atoms with Crippen LogP contribution in [-0.2, 0) is 21.7 Å². The van der Waals surface area contributed by atoms with Crippen molar-refractivity contribution in [2.45, 2.75) is 30.6 Å². The summed E-state index contributed by atoms with van der Waals surface area (Å²) in [6, 6.07) is 10.4. The van der Waals surface area contributed by atoms with Crippen LogP contribution in [0.4, 0.5) is 0 Å². The monoisotopic (exact) mass is 492 g/mol. The maximum absolute atomic E-state index is 13.3. The summed E-state index contributed by atoms with van der Waals surface area (Å²) in [4.78, 5) is 19.1. The number of likely N-dealkylation sites (tertiary alicyclic amines) is 1. The molecule has 1 fully saturated rings.